The Morgan fingerprint density at radius 2 is 0.958 bits per heavy atom. The second kappa shape index (κ2) is 11.8. The minimum Gasteiger partial charge on any atom is -0.363 e. The molecule has 1 heterocycles. The summed E-state index contributed by atoms with van der Waals surface area (Å²) in [5.41, 5.74) is 3.47. The van der Waals surface area contributed by atoms with Gasteiger partial charge in [-0.2, -0.15) is 0 Å². The predicted octanol–water partition coefficient (Wildman–Crippen LogP) is 8.18. The molecule has 144 valence electrons. The first kappa shape index (κ1) is 25.5. The molecular formula is C23H47N. The highest BCUT2D eigenvalue weighted by Gasteiger charge is 2.15. The fraction of sp³-hybridized carbons (Fsp3) is 0.826. The molecule has 0 bridgehead atoms. The van der Waals surface area contributed by atoms with E-state index in [0.717, 1.165) is 11.8 Å². The summed E-state index contributed by atoms with van der Waals surface area (Å²) in [6.07, 6.45) is 4.42. The molecule has 1 N–H and O–H groups in total. The Morgan fingerprint density at radius 1 is 0.708 bits per heavy atom. The average molecular weight is 338 g/mol. The molecule has 1 aromatic rings. The van der Waals surface area contributed by atoms with Crippen molar-refractivity contribution in [1.29, 1.82) is 0 Å². The first-order valence-corrected chi connectivity index (χ1v) is 9.70. The summed E-state index contributed by atoms with van der Waals surface area (Å²) in [5.74, 6) is 2.05. The highest BCUT2D eigenvalue weighted by Crippen LogP contribution is 2.29. The van der Waals surface area contributed by atoms with Gasteiger partial charge in [-0.05, 0) is 55.1 Å². The number of aryl methyl sites for hydroxylation is 2. The van der Waals surface area contributed by atoms with E-state index in [4.69, 9.17) is 0 Å². The van der Waals surface area contributed by atoms with Crippen molar-refractivity contribution in [3.8, 4) is 0 Å². The van der Waals surface area contributed by atoms with Crippen LogP contribution in [-0.2, 0) is 0 Å². The normalized spacial score (nSPS) is 20.0. The molecule has 2 rings (SSSR count). The number of nitrogens with one attached hydrogen (secondary N) is 1. The third kappa shape index (κ3) is 29.3. The minimum atomic E-state index is 0.500. The van der Waals surface area contributed by atoms with Crippen molar-refractivity contribution >= 4 is 0 Å². The smallest absolute Gasteiger partial charge is 0.0117 e. The van der Waals surface area contributed by atoms with Crippen LogP contribution in [0.1, 0.15) is 99.9 Å². The highest BCUT2D eigenvalue weighted by molar-refractivity contribution is 5.09. The standard InChI is InChI=1S/C7H14.C6H9N.2C5H12/c1-6-3-4-7(2)5-6;1-5-3-4-6(2)7-5;2*1-5(2,3)4/h6-7H,3-5H2,1-2H3;3-4,7H,1-2H3;2*1-4H3. The number of hydrogen-bond acceptors (Lipinski definition) is 0. The van der Waals surface area contributed by atoms with Gasteiger partial charge in [0.2, 0.25) is 0 Å². The van der Waals surface area contributed by atoms with Gasteiger partial charge in [-0.15, -0.1) is 0 Å². The lowest BCUT2D eigenvalue weighted by Crippen LogP contribution is -1.93. The van der Waals surface area contributed by atoms with Crippen LogP contribution in [0, 0.1) is 36.5 Å². The van der Waals surface area contributed by atoms with E-state index in [1.807, 2.05) is 13.8 Å². The van der Waals surface area contributed by atoms with Crippen molar-refractivity contribution in [2.45, 2.75) is 102 Å². The summed E-state index contributed by atoms with van der Waals surface area (Å²) < 4.78 is 0. The molecule has 0 saturated heterocycles. The lowest BCUT2D eigenvalue weighted by molar-refractivity contribution is 0.469. The first-order chi connectivity index (χ1) is 10.6. The number of rotatable bonds is 0. The van der Waals surface area contributed by atoms with Gasteiger partial charge < -0.3 is 4.98 Å². The second-order valence-electron chi connectivity index (χ2n) is 10.8. The van der Waals surface area contributed by atoms with E-state index >= 15 is 0 Å². The molecule has 1 fully saturated rings. The highest BCUT2D eigenvalue weighted by atomic mass is 14.7. The Bertz CT molecular complexity index is 352. The fourth-order valence-electron chi connectivity index (χ4n) is 2.14. The van der Waals surface area contributed by atoms with Crippen molar-refractivity contribution in [3.05, 3.63) is 23.5 Å². The summed E-state index contributed by atoms with van der Waals surface area (Å²) in [7, 11) is 0. The van der Waals surface area contributed by atoms with Crippen LogP contribution in [-0.4, -0.2) is 4.98 Å². The molecule has 1 aliphatic carbocycles. The molecular weight excluding hydrogens is 290 g/mol. The molecule has 24 heavy (non-hydrogen) atoms. The molecule has 0 aromatic carbocycles. The molecule has 1 heteroatoms. The van der Waals surface area contributed by atoms with Crippen molar-refractivity contribution in [3.63, 3.8) is 0 Å². The Hall–Kier alpha value is -0.720. The molecule has 1 aliphatic rings. The summed E-state index contributed by atoms with van der Waals surface area (Å²) in [4.78, 5) is 3.14. The Balaban J connectivity index is 0. The molecule has 1 saturated carbocycles. The SMILES string of the molecule is CC(C)(C)C.CC(C)(C)C.CC1CCC(C)C1.Cc1ccc(C)[nH]1. The molecule has 0 amide bonds. The predicted molar refractivity (Wildman–Crippen MR) is 113 cm³/mol. The topological polar surface area (TPSA) is 15.8 Å². The Morgan fingerprint density at radius 3 is 1.04 bits per heavy atom. The molecule has 1 aromatic heterocycles. The lowest BCUT2D eigenvalue weighted by atomic mass is 10.0. The van der Waals surface area contributed by atoms with Crippen LogP contribution in [0.5, 0.6) is 0 Å². The number of aromatic nitrogens is 1. The van der Waals surface area contributed by atoms with Gasteiger partial charge in [0, 0.05) is 11.4 Å². The van der Waals surface area contributed by atoms with Crippen LogP contribution in [0.25, 0.3) is 0 Å². The van der Waals surface area contributed by atoms with Crippen LogP contribution in [0.3, 0.4) is 0 Å². The van der Waals surface area contributed by atoms with Crippen LogP contribution < -0.4 is 0 Å². The second-order valence-corrected chi connectivity index (χ2v) is 10.8. The maximum Gasteiger partial charge on any atom is 0.0117 e. The van der Waals surface area contributed by atoms with Crippen LogP contribution in [0.15, 0.2) is 12.1 Å². The van der Waals surface area contributed by atoms with Crippen LogP contribution in [0.4, 0.5) is 0 Å². The quantitative estimate of drug-likeness (QED) is 0.491. The Kier molecular flexibility index (Phi) is 12.5. The van der Waals surface area contributed by atoms with Gasteiger partial charge in [-0.3, -0.25) is 0 Å². The van der Waals surface area contributed by atoms with Gasteiger partial charge in [0.05, 0.1) is 0 Å². The summed E-state index contributed by atoms with van der Waals surface area (Å²) >= 11 is 0. The zero-order chi connectivity index (χ0) is 19.6. The maximum absolute atomic E-state index is 3.14. The third-order valence-electron chi connectivity index (χ3n) is 2.93. The number of hydrogen-bond donors (Lipinski definition) is 1. The summed E-state index contributed by atoms with van der Waals surface area (Å²) in [6, 6.07) is 4.13. The van der Waals surface area contributed by atoms with E-state index in [9.17, 15) is 0 Å². The zero-order valence-corrected chi connectivity index (χ0v) is 18.9. The van der Waals surface area contributed by atoms with Gasteiger partial charge in [-0.25, -0.2) is 0 Å². The van der Waals surface area contributed by atoms with Gasteiger partial charge in [0.1, 0.15) is 0 Å². The summed E-state index contributed by atoms with van der Waals surface area (Å²) in [5, 5.41) is 0. The molecule has 2 unspecified atom stereocenters. The lowest BCUT2D eigenvalue weighted by Gasteiger charge is -2.05. The number of H-pyrrole nitrogens is 1. The minimum absolute atomic E-state index is 0.500. The van der Waals surface area contributed by atoms with Crippen molar-refractivity contribution < 1.29 is 0 Å². The molecule has 1 nitrogen and oxygen atoms in total. The van der Waals surface area contributed by atoms with Crippen LogP contribution >= 0.6 is 0 Å². The van der Waals surface area contributed by atoms with E-state index < -0.39 is 0 Å². The van der Waals surface area contributed by atoms with Crippen molar-refractivity contribution in [1.82, 2.24) is 4.98 Å². The molecule has 0 spiro atoms. The largest absolute Gasteiger partial charge is 0.363 e. The van der Waals surface area contributed by atoms with Crippen molar-refractivity contribution in [2.75, 3.05) is 0 Å². The van der Waals surface area contributed by atoms with E-state index in [2.05, 4.69) is 86.4 Å². The van der Waals surface area contributed by atoms with Gasteiger partial charge in [0.25, 0.3) is 0 Å². The van der Waals surface area contributed by atoms with Gasteiger partial charge in [-0.1, -0.05) is 82.1 Å². The molecule has 0 radical (unpaired) electrons. The zero-order valence-electron chi connectivity index (χ0n) is 18.9. The summed E-state index contributed by atoms with van der Waals surface area (Å²) in [6.45, 7) is 26.3. The van der Waals surface area contributed by atoms with E-state index in [1.54, 1.807) is 0 Å². The Labute approximate surface area is 154 Å². The van der Waals surface area contributed by atoms with Gasteiger partial charge in [0.15, 0.2) is 0 Å². The van der Waals surface area contributed by atoms with Gasteiger partial charge >= 0.3 is 0 Å². The third-order valence-corrected chi connectivity index (χ3v) is 2.93. The number of aromatic amines is 1. The van der Waals surface area contributed by atoms with Crippen molar-refractivity contribution in [2.24, 2.45) is 22.7 Å². The van der Waals surface area contributed by atoms with E-state index in [1.165, 1.54) is 30.7 Å². The monoisotopic (exact) mass is 337 g/mol. The van der Waals surface area contributed by atoms with E-state index in [-0.39, 0.29) is 0 Å². The van der Waals surface area contributed by atoms with Crippen LogP contribution in [0.2, 0.25) is 0 Å². The van der Waals surface area contributed by atoms with E-state index in [0.29, 0.717) is 10.8 Å². The fourth-order valence-corrected chi connectivity index (χ4v) is 2.14. The first-order valence-electron chi connectivity index (χ1n) is 9.70. The molecule has 2 atom stereocenters. The maximum atomic E-state index is 3.14. The average Bonchev–Trinajstić information content (AvgIpc) is 2.83. The molecule has 0 aliphatic heterocycles.